The molecule has 1 aliphatic carbocycles. The molecule has 0 atom stereocenters. The minimum atomic E-state index is -1.31. The maximum absolute atomic E-state index is 12.4. The van der Waals surface area contributed by atoms with Crippen LogP contribution in [0.25, 0.3) is 0 Å². The predicted molar refractivity (Wildman–Crippen MR) is 91.1 cm³/mol. The van der Waals surface area contributed by atoms with Gasteiger partial charge in [0.25, 0.3) is 11.8 Å². The zero-order chi connectivity index (χ0) is 18.2. The molecule has 1 aliphatic heterocycles. The molecule has 25 heavy (non-hydrogen) atoms. The van der Waals surface area contributed by atoms with E-state index < -0.39 is 35.8 Å². The van der Waals surface area contributed by atoms with Gasteiger partial charge in [0.15, 0.2) is 0 Å². The summed E-state index contributed by atoms with van der Waals surface area (Å²) in [4.78, 5) is 49.6. The highest BCUT2D eigenvalue weighted by atomic mass is 79.9. The Labute approximate surface area is 152 Å². The van der Waals surface area contributed by atoms with Gasteiger partial charge in [0, 0.05) is 4.47 Å². The molecule has 3 rings (SSSR count). The van der Waals surface area contributed by atoms with Gasteiger partial charge in [0.2, 0.25) is 5.91 Å². The normalized spacial score (nSPS) is 18.8. The fraction of sp³-hybridized carbons (Fsp3) is 0.412. The van der Waals surface area contributed by atoms with E-state index in [1.54, 1.807) is 6.07 Å². The zero-order valence-electron chi connectivity index (χ0n) is 13.4. The predicted octanol–water partition coefficient (Wildman–Crippen LogP) is 1.95. The first-order valence-electron chi connectivity index (χ1n) is 8.04. The molecule has 1 fully saturated rings. The summed E-state index contributed by atoms with van der Waals surface area (Å²) < 4.78 is 0.658. The first-order chi connectivity index (χ1) is 11.8. The van der Waals surface area contributed by atoms with Crippen LogP contribution in [0, 0.1) is 0 Å². The molecule has 3 amide bonds. The molecule has 132 valence electrons. The molecule has 7 nitrogen and oxygen atoms in total. The number of hydrogen-bond donors (Lipinski definition) is 2. The molecule has 1 heterocycles. The molecular weight excluding hydrogens is 392 g/mol. The Morgan fingerprint density at radius 1 is 1.12 bits per heavy atom. The number of amides is 3. The average Bonchev–Trinajstić information content (AvgIpc) is 2.80. The third-order valence-corrected chi connectivity index (χ3v) is 5.22. The summed E-state index contributed by atoms with van der Waals surface area (Å²) in [6.07, 6.45) is 3.06. The second-order valence-electron chi connectivity index (χ2n) is 6.38. The van der Waals surface area contributed by atoms with Crippen LogP contribution in [0.1, 0.15) is 52.8 Å². The van der Waals surface area contributed by atoms with E-state index in [2.05, 4.69) is 21.2 Å². The lowest BCUT2D eigenvalue weighted by Crippen LogP contribution is -2.57. The monoisotopic (exact) mass is 408 g/mol. The van der Waals surface area contributed by atoms with E-state index in [1.807, 2.05) is 0 Å². The quantitative estimate of drug-likeness (QED) is 0.740. The lowest BCUT2D eigenvalue weighted by Gasteiger charge is -2.34. The standard InChI is InChI=1S/C17H17BrN2O5/c18-10-4-5-11-12(8-10)15(23)20(14(11)22)9-13(21)19-17(16(24)25)6-2-1-3-7-17/h4-5,8H,1-3,6-7,9H2,(H,19,21)(H,24,25). The van der Waals surface area contributed by atoms with E-state index >= 15 is 0 Å². The van der Waals surface area contributed by atoms with Crippen molar-refractivity contribution in [1.82, 2.24) is 10.2 Å². The Hall–Kier alpha value is -2.22. The number of aliphatic carboxylic acids is 1. The Morgan fingerprint density at radius 2 is 1.76 bits per heavy atom. The summed E-state index contributed by atoms with van der Waals surface area (Å²) in [5.41, 5.74) is -0.832. The van der Waals surface area contributed by atoms with Gasteiger partial charge < -0.3 is 10.4 Å². The van der Waals surface area contributed by atoms with Crippen molar-refractivity contribution in [3.05, 3.63) is 33.8 Å². The van der Waals surface area contributed by atoms with Gasteiger partial charge in [-0.05, 0) is 31.0 Å². The molecule has 0 bridgehead atoms. The van der Waals surface area contributed by atoms with Gasteiger partial charge in [-0.1, -0.05) is 35.2 Å². The summed E-state index contributed by atoms with van der Waals surface area (Å²) in [5.74, 6) is -2.81. The number of fused-ring (bicyclic) bond motifs is 1. The lowest BCUT2D eigenvalue weighted by atomic mass is 9.81. The van der Waals surface area contributed by atoms with Gasteiger partial charge in [-0.15, -0.1) is 0 Å². The number of nitrogens with one attached hydrogen (secondary N) is 1. The van der Waals surface area contributed by atoms with Crippen molar-refractivity contribution in [2.45, 2.75) is 37.6 Å². The minimum absolute atomic E-state index is 0.234. The van der Waals surface area contributed by atoms with E-state index in [1.165, 1.54) is 12.1 Å². The van der Waals surface area contributed by atoms with Crippen LogP contribution in [0.3, 0.4) is 0 Å². The molecule has 0 saturated heterocycles. The van der Waals surface area contributed by atoms with Crippen molar-refractivity contribution in [3.63, 3.8) is 0 Å². The summed E-state index contributed by atoms with van der Waals surface area (Å²) in [6, 6.07) is 4.71. The van der Waals surface area contributed by atoms with Crippen LogP contribution in [0.15, 0.2) is 22.7 Å². The molecule has 1 aromatic rings. The maximum Gasteiger partial charge on any atom is 0.329 e. The largest absolute Gasteiger partial charge is 0.480 e. The number of hydrogen-bond acceptors (Lipinski definition) is 4. The van der Waals surface area contributed by atoms with Gasteiger partial charge >= 0.3 is 5.97 Å². The topological polar surface area (TPSA) is 104 Å². The second-order valence-corrected chi connectivity index (χ2v) is 7.30. The van der Waals surface area contributed by atoms with Crippen LogP contribution in [0.2, 0.25) is 0 Å². The molecule has 2 aliphatic rings. The molecule has 2 N–H and O–H groups in total. The fourth-order valence-corrected chi connectivity index (χ4v) is 3.77. The van der Waals surface area contributed by atoms with E-state index in [0.29, 0.717) is 30.2 Å². The number of carbonyl (C=O) groups is 4. The van der Waals surface area contributed by atoms with E-state index in [9.17, 15) is 24.3 Å². The third kappa shape index (κ3) is 3.18. The highest BCUT2D eigenvalue weighted by Crippen LogP contribution is 2.29. The number of benzene rings is 1. The first-order valence-corrected chi connectivity index (χ1v) is 8.83. The van der Waals surface area contributed by atoms with Gasteiger partial charge in [-0.25, -0.2) is 4.79 Å². The molecular formula is C17H17BrN2O5. The van der Waals surface area contributed by atoms with Crippen molar-refractivity contribution in [2.24, 2.45) is 0 Å². The maximum atomic E-state index is 12.4. The van der Waals surface area contributed by atoms with Crippen LogP contribution in [0.4, 0.5) is 0 Å². The first kappa shape index (κ1) is 17.6. The number of imide groups is 1. The van der Waals surface area contributed by atoms with Crippen molar-refractivity contribution >= 4 is 39.6 Å². The molecule has 1 saturated carbocycles. The second kappa shape index (κ2) is 6.59. The molecule has 0 radical (unpaired) electrons. The highest BCUT2D eigenvalue weighted by molar-refractivity contribution is 9.10. The Kier molecular flexibility index (Phi) is 4.64. The van der Waals surface area contributed by atoms with Gasteiger partial charge in [-0.2, -0.15) is 0 Å². The molecule has 8 heteroatoms. The van der Waals surface area contributed by atoms with Crippen molar-refractivity contribution in [2.75, 3.05) is 6.54 Å². The zero-order valence-corrected chi connectivity index (χ0v) is 15.0. The van der Waals surface area contributed by atoms with Crippen molar-refractivity contribution < 1.29 is 24.3 Å². The summed E-state index contributed by atoms with van der Waals surface area (Å²) >= 11 is 3.25. The van der Waals surface area contributed by atoms with Gasteiger partial charge in [0.1, 0.15) is 12.1 Å². The summed E-state index contributed by atoms with van der Waals surface area (Å²) in [7, 11) is 0. The van der Waals surface area contributed by atoms with Crippen LogP contribution < -0.4 is 5.32 Å². The van der Waals surface area contributed by atoms with Crippen molar-refractivity contribution in [1.29, 1.82) is 0 Å². The number of carboxylic acid groups (broad SMARTS) is 1. The van der Waals surface area contributed by atoms with Crippen LogP contribution in [0.5, 0.6) is 0 Å². The lowest BCUT2D eigenvalue weighted by molar-refractivity contribution is -0.149. The van der Waals surface area contributed by atoms with Crippen LogP contribution in [-0.2, 0) is 9.59 Å². The van der Waals surface area contributed by atoms with Crippen molar-refractivity contribution in [3.8, 4) is 0 Å². The van der Waals surface area contributed by atoms with Gasteiger partial charge in [0.05, 0.1) is 11.1 Å². The van der Waals surface area contributed by atoms with E-state index in [0.717, 1.165) is 11.3 Å². The highest BCUT2D eigenvalue weighted by Gasteiger charge is 2.43. The van der Waals surface area contributed by atoms with E-state index in [4.69, 9.17) is 0 Å². The minimum Gasteiger partial charge on any atom is -0.480 e. The molecule has 0 aromatic heterocycles. The third-order valence-electron chi connectivity index (χ3n) is 4.73. The Balaban J connectivity index is 1.74. The van der Waals surface area contributed by atoms with E-state index in [-0.39, 0.29) is 11.1 Å². The SMILES string of the molecule is O=C(CN1C(=O)c2ccc(Br)cc2C1=O)NC1(C(=O)O)CCCCC1. The fourth-order valence-electron chi connectivity index (χ4n) is 3.40. The Morgan fingerprint density at radius 3 is 2.40 bits per heavy atom. The molecule has 1 aromatic carbocycles. The number of carbonyl (C=O) groups excluding carboxylic acids is 3. The van der Waals surface area contributed by atoms with Gasteiger partial charge in [-0.3, -0.25) is 19.3 Å². The molecule has 0 unspecified atom stereocenters. The Bertz CT molecular complexity index is 770. The molecule has 0 spiro atoms. The van der Waals surface area contributed by atoms with Crippen LogP contribution >= 0.6 is 15.9 Å². The van der Waals surface area contributed by atoms with Crippen LogP contribution in [-0.4, -0.2) is 45.8 Å². The smallest absolute Gasteiger partial charge is 0.329 e. The number of carboxylic acids is 1. The average molecular weight is 409 g/mol. The summed E-state index contributed by atoms with van der Waals surface area (Å²) in [5, 5.41) is 12.1. The number of rotatable bonds is 4. The number of nitrogens with zero attached hydrogens (tertiary/aromatic N) is 1. The summed E-state index contributed by atoms with van der Waals surface area (Å²) in [6.45, 7) is -0.487. The number of halogens is 1.